The summed E-state index contributed by atoms with van der Waals surface area (Å²) in [4.78, 5) is 30.6. The number of benzene rings is 1. The zero-order valence-corrected chi connectivity index (χ0v) is 17.4. The summed E-state index contributed by atoms with van der Waals surface area (Å²) in [5, 5.41) is 3.10. The van der Waals surface area contributed by atoms with Crippen molar-refractivity contribution in [1.29, 1.82) is 0 Å². The van der Waals surface area contributed by atoms with Crippen LogP contribution in [-0.2, 0) is 4.79 Å². The van der Waals surface area contributed by atoms with E-state index in [1.807, 2.05) is 16.8 Å². The molecule has 30 heavy (non-hydrogen) atoms. The average molecular weight is 421 g/mol. The summed E-state index contributed by atoms with van der Waals surface area (Å²) < 4.78 is 26.9. The van der Waals surface area contributed by atoms with Gasteiger partial charge in [-0.2, -0.15) is 0 Å². The quantitative estimate of drug-likeness (QED) is 0.815. The van der Waals surface area contributed by atoms with Crippen molar-refractivity contribution in [2.75, 3.05) is 38.1 Å². The molecule has 2 saturated heterocycles. The van der Waals surface area contributed by atoms with E-state index in [0.717, 1.165) is 57.7 Å². The number of hydrogen-bond donors (Lipinski definition) is 1. The monoisotopic (exact) mass is 420 g/mol. The van der Waals surface area contributed by atoms with Crippen molar-refractivity contribution in [2.45, 2.75) is 50.6 Å². The maximum atomic E-state index is 13.5. The molecule has 8 heteroatoms. The molecule has 3 fully saturated rings. The van der Waals surface area contributed by atoms with E-state index in [1.165, 1.54) is 12.1 Å². The Bertz CT molecular complexity index is 765. The van der Waals surface area contributed by atoms with Crippen LogP contribution in [-0.4, -0.2) is 67.0 Å². The van der Waals surface area contributed by atoms with Gasteiger partial charge in [0.1, 0.15) is 11.6 Å². The Balaban J connectivity index is 1.22. The molecular weight excluding hydrogens is 390 g/mol. The first-order valence-electron chi connectivity index (χ1n) is 10.9. The minimum atomic E-state index is -0.577. The number of halogens is 2. The van der Waals surface area contributed by atoms with Gasteiger partial charge in [-0.15, -0.1) is 0 Å². The van der Waals surface area contributed by atoms with Crippen LogP contribution in [0.4, 0.5) is 19.3 Å². The van der Waals surface area contributed by atoms with Crippen LogP contribution in [0, 0.1) is 17.6 Å². The molecule has 2 aliphatic heterocycles. The van der Waals surface area contributed by atoms with Gasteiger partial charge in [-0.1, -0.05) is 0 Å². The Morgan fingerprint density at radius 1 is 0.933 bits per heavy atom. The molecule has 2 heterocycles. The number of piperidine rings is 2. The second-order valence-electron chi connectivity index (χ2n) is 8.78. The van der Waals surface area contributed by atoms with Crippen molar-refractivity contribution >= 4 is 17.6 Å². The van der Waals surface area contributed by atoms with E-state index in [1.54, 1.807) is 4.90 Å². The molecule has 0 radical (unpaired) electrons. The summed E-state index contributed by atoms with van der Waals surface area (Å²) in [6, 6.07) is 3.66. The molecule has 6 nitrogen and oxygen atoms in total. The number of hydrogen-bond acceptors (Lipinski definition) is 3. The lowest BCUT2D eigenvalue weighted by Gasteiger charge is -2.38. The van der Waals surface area contributed by atoms with Crippen molar-refractivity contribution in [1.82, 2.24) is 15.1 Å². The van der Waals surface area contributed by atoms with Gasteiger partial charge < -0.3 is 20.0 Å². The van der Waals surface area contributed by atoms with E-state index in [2.05, 4.69) is 5.32 Å². The summed E-state index contributed by atoms with van der Waals surface area (Å²) in [6.07, 6.45) is 5.12. The summed E-state index contributed by atoms with van der Waals surface area (Å²) in [5.41, 5.74) is 0.543. The molecule has 1 aromatic carbocycles. The molecule has 0 atom stereocenters. The fourth-order valence-corrected chi connectivity index (χ4v) is 4.51. The van der Waals surface area contributed by atoms with Crippen LogP contribution in [0.1, 0.15) is 38.5 Å². The Morgan fingerprint density at radius 2 is 1.53 bits per heavy atom. The number of anilines is 1. The van der Waals surface area contributed by atoms with E-state index in [9.17, 15) is 18.4 Å². The second-order valence-corrected chi connectivity index (χ2v) is 8.78. The van der Waals surface area contributed by atoms with Crippen molar-refractivity contribution in [3.05, 3.63) is 29.8 Å². The van der Waals surface area contributed by atoms with E-state index < -0.39 is 11.6 Å². The van der Waals surface area contributed by atoms with Gasteiger partial charge >= 0.3 is 6.03 Å². The van der Waals surface area contributed by atoms with Gasteiger partial charge in [0, 0.05) is 63.0 Å². The highest BCUT2D eigenvalue weighted by atomic mass is 19.1. The molecule has 0 bridgehead atoms. The highest BCUT2D eigenvalue weighted by molar-refractivity contribution is 5.81. The van der Waals surface area contributed by atoms with Gasteiger partial charge in [0.05, 0.1) is 0 Å². The van der Waals surface area contributed by atoms with E-state index >= 15 is 0 Å². The number of amides is 3. The topological polar surface area (TPSA) is 55.9 Å². The molecule has 0 aromatic heterocycles. The molecule has 3 aliphatic rings. The zero-order chi connectivity index (χ0) is 21.3. The van der Waals surface area contributed by atoms with Gasteiger partial charge in [-0.3, -0.25) is 4.79 Å². The standard InChI is InChI=1S/C22H30F2N4O2/c1-26(19-6-10-28(11-7-19)21(29)15-2-3-15)22(30)25-18-4-8-27(9-5-18)20-13-16(23)12-17(24)14-20/h12-15,18-19H,2-11H2,1H3,(H,25,30). The molecule has 1 saturated carbocycles. The first-order valence-corrected chi connectivity index (χ1v) is 10.9. The van der Waals surface area contributed by atoms with Gasteiger partial charge in [0.25, 0.3) is 0 Å². The largest absolute Gasteiger partial charge is 0.371 e. The molecule has 1 N–H and O–H groups in total. The second kappa shape index (κ2) is 8.78. The highest BCUT2D eigenvalue weighted by Gasteiger charge is 2.36. The lowest BCUT2D eigenvalue weighted by Crippen LogP contribution is -2.53. The normalized spacial score (nSPS) is 20.9. The fraction of sp³-hybridized carbons (Fsp3) is 0.636. The Morgan fingerprint density at radius 3 is 2.10 bits per heavy atom. The van der Waals surface area contributed by atoms with Crippen molar-refractivity contribution in [3.63, 3.8) is 0 Å². The van der Waals surface area contributed by atoms with Gasteiger partial charge in [0.2, 0.25) is 5.91 Å². The third kappa shape index (κ3) is 4.84. The molecular formula is C22H30F2N4O2. The van der Waals surface area contributed by atoms with Gasteiger partial charge in [-0.25, -0.2) is 13.6 Å². The minimum absolute atomic E-state index is 0.0474. The summed E-state index contributed by atoms with van der Waals surface area (Å²) in [6.45, 7) is 2.72. The first kappa shape index (κ1) is 20.9. The Kier molecular flexibility index (Phi) is 6.11. The number of rotatable bonds is 4. The fourth-order valence-electron chi connectivity index (χ4n) is 4.51. The van der Waals surface area contributed by atoms with E-state index in [0.29, 0.717) is 18.8 Å². The lowest BCUT2D eigenvalue weighted by molar-refractivity contribution is -0.133. The Hall–Kier alpha value is -2.38. The number of nitrogens with zero attached hydrogens (tertiary/aromatic N) is 3. The number of likely N-dealkylation sites (tertiary alicyclic amines) is 1. The van der Waals surface area contributed by atoms with Crippen molar-refractivity contribution in [2.24, 2.45) is 5.92 Å². The molecule has 164 valence electrons. The van der Waals surface area contributed by atoms with Crippen LogP contribution < -0.4 is 10.2 Å². The van der Waals surface area contributed by atoms with Crippen molar-refractivity contribution in [3.8, 4) is 0 Å². The third-order valence-electron chi connectivity index (χ3n) is 6.61. The zero-order valence-electron chi connectivity index (χ0n) is 17.4. The molecule has 0 unspecified atom stereocenters. The minimum Gasteiger partial charge on any atom is -0.371 e. The molecule has 1 aliphatic carbocycles. The first-order chi connectivity index (χ1) is 14.4. The van der Waals surface area contributed by atoms with Crippen LogP contribution in [0.2, 0.25) is 0 Å². The van der Waals surface area contributed by atoms with Crippen molar-refractivity contribution < 1.29 is 18.4 Å². The maximum Gasteiger partial charge on any atom is 0.317 e. The van der Waals surface area contributed by atoms with Gasteiger partial charge in [0.15, 0.2) is 0 Å². The Labute approximate surface area is 176 Å². The predicted octanol–water partition coefficient (Wildman–Crippen LogP) is 2.98. The number of nitrogens with one attached hydrogen (secondary N) is 1. The number of carbonyl (C=O) groups excluding carboxylic acids is 2. The highest BCUT2D eigenvalue weighted by Crippen LogP contribution is 2.32. The number of urea groups is 1. The van der Waals surface area contributed by atoms with E-state index in [-0.39, 0.29) is 29.9 Å². The smallest absolute Gasteiger partial charge is 0.317 e. The van der Waals surface area contributed by atoms with Crippen LogP contribution in [0.3, 0.4) is 0 Å². The van der Waals surface area contributed by atoms with E-state index in [4.69, 9.17) is 0 Å². The summed E-state index contributed by atoms with van der Waals surface area (Å²) >= 11 is 0. The SMILES string of the molecule is CN(C(=O)NC1CCN(c2cc(F)cc(F)c2)CC1)C1CCN(C(=O)C2CC2)CC1. The summed E-state index contributed by atoms with van der Waals surface area (Å²) in [5.74, 6) is -0.623. The lowest BCUT2D eigenvalue weighted by atomic mass is 10.0. The summed E-state index contributed by atoms with van der Waals surface area (Å²) in [7, 11) is 1.82. The van der Waals surface area contributed by atoms with Crippen LogP contribution in [0.25, 0.3) is 0 Å². The molecule has 0 spiro atoms. The molecule has 4 rings (SSSR count). The molecule has 3 amide bonds. The number of carbonyl (C=O) groups is 2. The van der Waals surface area contributed by atoms with Crippen LogP contribution >= 0.6 is 0 Å². The van der Waals surface area contributed by atoms with Gasteiger partial charge in [-0.05, 0) is 50.7 Å². The van der Waals surface area contributed by atoms with Crippen LogP contribution in [0.15, 0.2) is 18.2 Å². The average Bonchev–Trinajstić information content (AvgIpc) is 3.58. The van der Waals surface area contributed by atoms with Crippen LogP contribution in [0.5, 0.6) is 0 Å². The predicted molar refractivity (Wildman–Crippen MR) is 110 cm³/mol. The third-order valence-corrected chi connectivity index (χ3v) is 6.61. The maximum absolute atomic E-state index is 13.5. The molecule has 1 aromatic rings.